The largest absolute Gasteiger partial charge is 0.516 e. The van der Waals surface area contributed by atoms with Crippen LogP contribution in [0.5, 0.6) is 5.75 Å². The van der Waals surface area contributed by atoms with Gasteiger partial charge in [-0.05, 0) is 32.4 Å². The Bertz CT molecular complexity index is 359. The fourth-order valence-electron chi connectivity index (χ4n) is 1.29. The Balaban J connectivity index is 2.30. The van der Waals surface area contributed by atoms with Crippen molar-refractivity contribution in [2.75, 3.05) is 6.61 Å². The minimum atomic E-state index is -0.747. The molecule has 18 heavy (non-hydrogen) atoms. The summed E-state index contributed by atoms with van der Waals surface area (Å²) >= 11 is 0. The second-order valence-corrected chi connectivity index (χ2v) is 4.07. The molecule has 0 N–H and O–H groups in total. The molecule has 1 aromatic carbocycles. The Hall–Kier alpha value is -1.55. The van der Waals surface area contributed by atoms with Gasteiger partial charge in [0.25, 0.3) is 0 Å². The lowest BCUT2D eigenvalue weighted by Gasteiger charge is -2.13. The molecule has 4 nitrogen and oxygen atoms in total. The summed E-state index contributed by atoms with van der Waals surface area (Å²) in [6.45, 7) is 6.29. The highest BCUT2D eigenvalue weighted by Gasteiger charge is 2.11. The molecule has 0 aliphatic heterocycles. The standard InChI is InChI=1S/C14H20O4/c1-4-5-10-16-12(3)17-14(15)18-13-8-6-11(2)7-9-13/h6-9,12H,4-5,10H2,1-3H3. The van der Waals surface area contributed by atoms with Crippen molar-refractivity contribution in [3.8, 4) is 5.75 Å². The van der Waals surface area contributed by atoms with Crippen molar-refractivity contribution in [2.24, 2.45) is 0 Å². The number of benzene rings is 1. The Morgan fingerprint density at radius 3 is 2.56 bits per heavy atom. The molecule has 1 unspecified atom stereocenters. The number of rotatable bonds is 6. The molecule has 0 aliphatic carbocycles. The zero-order valence-corrected chi connectivity index (χ0v) is 11.1. The molecule has 0 bridgehead atoms. The Morgan fingerprint density at radius 2 is 1.94 bits per heavy atom. The lowest BCUT2D eigenvalue weighted by Crippen LogP contribution is -2.21. The molecule has 4 heteroatoms. The van der Waals surface area contributed by atoms with Crippen LogP contribution in [-0.2, 0) is 9.47 Å². The topological polar surface area (TPSA) is 44.8 Å². The van der Waals surface area contributed by atoms with Gasteiger partial charge < -0.3 is 14.2 Å². The summed E-state index contributed by atoms with van der Waals surface area (Å²) in [7, 11) is 0. The van der Waals surface area contributed by atoms with Gasteiger partial charge in [-0.1, -0.05) is 31.0 Å². The highest BCUT2D eigenvalue weighted by Crippen LogP contribution is 2.12. The minimum Gasteiger partial charge on any atom is -0.404 e. The summed E-state index contributed by atoms with van der Waals surface area (Å²) in [5, 5.41) is 0. The first-order valence-electron chi connectivity index (χ1n) is 6.18. The van der Waals surface area contributed by atoms with E-state index >= 15 is 0 Å². The second-order valence-electron chi connectivity index (χ2n) is 4.07. The number of hydrogen-bond donors (Lipinski definition) is 0. The zero-order chi connectivity index (χ0) is 13.4. The van der Waals surface area contributed by atoms with Crippen LogP contribution >= 0.6 is 0 Å². The predicted molar refractivity (Wildman–Crippen MR) is 68.6 cm³/mol. The van der Waals surface area contributed by atoms with E-state index in [1.807, 2.05) is 19.1 Å². The first-order valence-corrected chi connectivity index (χ1v) is 6.18. The normalized spacial score (nSPS) is 11.9. The second kappa shape index (κ2) is 7.71. The molecule has 0 radical (unpaired) electrons. The first-order chi connectivity index (χ1) is 8.61. The maximum absolute atomic E-state index is 11.4. The van der Waals surface area contributed by atoms with Crippen LogP contribution in [0.15, 0.2) is 24.3 Å². The average molecular weight is 252 g/mol. The SMILES string of the molecule is CCCCOC(C)OC(=O)Oc1ccc(C)cc1. The maximum Gasteiger partial charge on any atom is 0.516 e. The molecule has 100 valence electrons. The summed E-state index contributed by atoms with van der Waals surface area (Å²) in [6, 6.07) is 7.17. The third-order valence-corrected chi connectivity index (χ3v) is 2.33. The van der Waals surface area contributed by atoms with Crippen LogP contribution in [0.1, 0.15) is 32.3 Å². The molecule has 0 aromatic heterocycles. The number of carbonyl (C=O) groups excluding carboxylic acids is 1. The van der Waals surface area contributed by atoms with E-state index in [1.165, 1.54) is 0 Å². The zero-order valence-electron chi connectivity index (χ0n) is 11.1. The summed E-state index contributed by atoms with van der Waals surface area (Å²) < 4.78 is 15.2. The third-order valence-electron chi connectivity index (χ3n) is 2.33. The molecule has 0 spiro atoms. The van der Waals surface area contributed by atoms with Gasteiger partial charge in [-0.25, -0.2) is 4.79 Å². The van der Waals surface area contributed by atoms with Crippen molar-refractivity contribution in [3.05, 3.63) is 29.8 Å². The molecule has 0 heterocycles. The molecule has 0 amide bonds. The van der Waals surface area contributed by atoms with Crippen LogP contribution in [0.4, 0.5) is 4.79 Å². The van der Waals surface area contributed by atoms with Crippen LogP contribution in [-0.4, -0.2) is 19.1 Å². The van der Waals surface area contributed by atoms with Gasteiger partial charge in [0.15, 0.2) is 0 Å². The molecule has 1 aromatic rings. The summed E-state index contributed by atoms with van der Waals surface area (Å²) in [5.74, 6) is 0.464. The molecular formula is C14H20O4. The van der Waals surface area contributed by atoms with Gasteiger partial charge in [0, 0.05) is 0 Å². The highest BCUT2D eigenvalue weighted by molar-refractivity contribution is 5.63. The van der Waals surface area contributed by atoms with Crippen LogP contribution in [0, 0.1) is 6.92 Å². The number of hydrogen-bond acceptors (Lipinski definition) is 4. The summed E-state index contributed by atoms with van der Waals surface area (Å²) in [6.07, 6.45) is 0.652. The van der Waals surface area contributed by atoms with Crippen molar-refractivity contribution in [1.82, 2.24) is 0 Å². The fraction of sp³-hybridized carbons (Fsp3) is 0.500. The van der Waals surface area contributed by atoms with E-state index in [2.05, 4.69) is 6.92 Å². The Kier molecular flexibility index (Phi) is 6.22. The van der Waals surface area contributed by atoms with E-state index in [9.17, 15) is 4.79 Å². The van der Waals surface area contributed by atoms with E-state index in [0.29, 0.717) is 12.4 Å². The molecule has 0 fully saturated rings. The molecule has 1 atom stereocenters. The lowest BCUT2D eigenvalue weighted by molar-refractivity contribution is -0.102. The molecule has 0 aliphatic rings. The van der Waals surface area contributed by atoms with Crippen LogP contribution in [0.3, 0.4) is 0 Å². The van der Waals surface area contributed by atoms with Crippen LogP contribution < -0.4 is 4.74 Å². The van der Waals surface area contributed by atoms with Crippen molar-refractivity contribution >= 4 is 6.16 Å². The number of carbonyl (C=O) groups is 1. The first kappa shape index (κ1) is 14.5. The molecule has 0 saturated carbocycles. The Labute approximate surface area is 108 Å². The lowest BCUT2D eigenvalue weighted by atomic mass is 10.2. The third kappa shape index (κ3) is 5.68. The van der Waals surface area contributed by atoms with E-state index in [-0.39, 0.29) is 0 Å². The smallest absolute Gasteiger partial charge is 0.404 e. The van der Waals surface area contributed by atoms with E-state index in [4.69, 9.17) is 14.2 Å². The van der Waals surface area contributed by atoms with Crippen molar-refractivity contribution in [3.63, 3.8) is 0 Å². The van der Waals surface area contributed by atoms with E-state index < -0.39 is 12.4 Å². The van der Waals surface area contributed by atoms with Crippen LogP contribution in [0.2, 0.25) is 0 Å². The molecular weight excluding hydrogens is 232 g/mol. The molecule has 1 rings (SSSR count). The monoisotopic (exact) mass is 252 g/mol. The van der Waals surface area contributed by atoms with Gasteiger partial charge in [-0.3, -0.25) is 0 Å². The maximum atomic E-state index is 11.4. The van der Waals surface area contributed by atoms with Gasteiger partial charge >= 0.3 is 6.16 Å². The van der Waals surface area contributed by atoms with Crippen molar-refractivity contribution < 1.29 is 19.0 Å². The number of unbranched alkanes of at least 4 members (excludes halogenated alkanes) is 1. The fourth-order valence-corrected chi connectivity index (χ4v) is 1.29. The van der Waals surface area contributed by atoms with Gasteiger partial charge in [0.1, 0.15) is 5.75 Å². The van der Waals surface area contributed by atoms with Crippen molar-refractivity contribution in [2.45, 2.75) is 39.9 Å². The quantitative estimate of drug-likeness (QED) is 0.335. The van der Waals surface area contributed by atoms with Gasteiger partial charge in [-0.15, -0.1) is 0 Å². The average Bonchev–Trinajstić information content (AvgIpc) is 2.32. The molecule has 0 saturated heterocycles. The Morgan fingerprint density at radius 1 is 1.28 bits per heavy atom. The highest BCUT2D eigenvalue weighted by atomic mass is 16.8. The van der Waals surface area contributed by atoms with E-state index in [0.717, 1.165) is 18.4 Å². The van der Waals surface area contributed by atoms with Crippen LogP contribution in [0.25, 0.3) is 0 Å². The summed E-state index contributed by atoms with van der Waals surface area (Å²) in [4.78, 5) is 11.4. The predicted octanol–water partition coefficient (Wildman–Crippen LogP) is 3.67. The van der Waals surface area contributed by atoms with Gasteiger partial charge in [-0.2, -0.15) is 0 Å². The van der Waals surface area contributed by atoms with Crippen molar-refractivity contribution in [1.29, 1.82) is 0 Å². The van der Waals surface area contributed by atoms with Gasteiger partial charge in [0.05, 0.1) is 6.61 Å². The van der Waals surface area contributed by atoms with E-state index in [1.54, 1.807) is 19.1 Å². The van der Waals surface area contributed by atoms with Gasteiger partial charge in [0.2, 0.25) is 6.29 Å². The minimum absolute atomic E-state index is 0.464. The number of ether oxygens (including phenoxy) is 3. The number of aryl methyl sites for hydroxylation is 1. The summed E-state index contributed by atoms with van der Waals surface area (Å²) in [5.41, 5.74) is 1.10.